The molecule has 3 unspecified atom stereocenters. The van der Waals surface area contributed by atoms with Gasteiger partial charge in [0.25, 0.3) is 0 Å². The predicted octanol–water partition coefficient (Wildman–Crippen LogP) is 10.2. The lowest BCUT2D eigenvalue weighted by atomic mass is 9.71. The fourth-order valence-corrected chi connectivity index (χ4v) is 8.26. The molecule has 0 saturated carbocycles. The van der Waals surface area contributed by atoms with Crippen LogP contribution in [0.2, 0.25) is 0 Å². The molecule has 222 valence electrons. The number of hydrogen-bond acceptors (Lipinski definition) is 3. The molecule has 42 heavy (non-hydrogen) atoms. The highest BCUT2D eigenvalue weighted by molar-refractivity contribution is 5.91. The molecule has 0 radical (unpaired) electrons. The van der Waals surface area contributed by atoms with Gasteiger partial charge in [-0.15, -0.1) is 0 Å². The van der Waals surface area contributed by atoms with Crippen LogP contribution in [-0.2, 0) is 15.9 Å². The van der Waals surface area contributed by atoms with E-state index in [9.17, 15) is 0 Å². The van der Waals surface area contributed by atoms with Crippen molar-refractivity contribution in [3.05, 3.63) is 105 Å². The molecule has 4 heterocycles. The van der Waals surface area contributed by atoms with Crippen molar-refractivity contribution in [1.82, 2.24) is 4.90 Å². The Bertz CT molecular complexity index is 1500. The Morgan fingerprint density at radius 3 is 2.40 bits per heavy atom. The van der Waals surface area contributed by atoms with Crippen LogP contribution < -0.4 is 0 Å². The largest absolute Gasteiger partial charge is 0.490 e. The third kappa shape index (κ3) is 4.64. The van der Waals surface area contributed by atoms with Crippen molar-refractivity contribution in [2.24, 2.45) is 5.92 Å². The molecule has 3 atom stereocenters. The minimum Gasteiger partial charge on any atom is -0.490 e. The van der Waals surface area contributed by atoms with Gasteiger partial charge in [0, 0.05) is 34.4 Å². The zero-order valence-corrected chi connectivity index (χ0v) is 27.1. The highest BCUT2D eigenvalue weighted by Crippen LogP contribution is 2.56. The van der Waals surface area contributed by atoms with Crippen LogP contribution in [-0.4, -0.2) is 22.8 Å². The molecule has 4 aliphatic heterocycles. The van der Waals surface area contributed by atoms with Crippen molar-refractivity contribution in [3.63, 3.8) is 0 Å². The normalized spacial score (nSPS) is 28.0. The molecule has 0 fully saturated rings. The van der Waals surface area contributed by atoms with Gasteiger partial charge in [0.05, 0.1) is 11.6 Å². The van der Waals surface area contributed by atoms with Crippen LogP contribution in [0.1, 0.15) is 111 Å². The van der Waals surface area contributed by atoms with E-state index in [1.54, 1.807) is 0 Å². The van der Waals surface area contributed by atoms with Crippen molar-refractivity contribution in [2.75, 3.05) is 0 Å². The molecular weight excluding hydrogens is 514 g/mol. The number of rotatable bonds is 6. The van der Waals surface area contributed by atoms with Crippen LogP contribution in [0, 0.1) is 5.92 Å². The number of ether oxygens (including phenoxy) is 2. The fourth-order valence-electron chi connectivity index (χ4n) is 8.26. The molecule has 1 aromatic carbocycles. The quantitative estimate of drug-likeness (QED) is 0.344. The van der Waals surface area contributed by atoms with E-state index in [-0.39, 0.29) is 17.9 Å². The molecule has 0 saturated heterocycles. The maximum atomic E-state index is 7.08. The van der Waals surface area contributed by atoms with Gasteiger partial charge < -0.3 is 14.4 Å². The Morgan fingerprint density at radius 2 is 1.71 bits per heavy atom. The van der Waals surface area contributed by atoms with E-state index in [2.05, 4.69) is 109 Å². The van der Waals surface area contributed by atoms with E-state index in [4.69, 9.17) is 9.47 Å². The van der Waals surface area contributed by atoms with E-state index < -0.39 is 0 Å². The molecule has 0 bridgehead atoms. The van der Waals surface area contributed by atoms with Crippen LogP contribution >= 0.6 is 0 Å². The second-order valence-corrected chi connectivity index (χ2v) is 13.3. The van der Waals surface area contributed by atoms with Gasteiger partial charge in [-0.1, -0.05) is 75.6 Å². The lowest BCUT2D eigenvalue weighted by molar-refractivity contribution is 0.00528. The highest BCUT2D eigenvalue weighted by atomic mass is 16.5. The van der Waals surface area contributed by atoms with E-state index in [0.29, 0.717) is 5.92 Å². The summed E-state index contributed by atoms with van der Waals surface area (Å²) in [5.74, 6) is 2.64. The van der Waals surface area contributed by atoms with Gasteiger partial charge in [-0.3, -0.25) is 0 Å². The molecule has 0 spiro atoms. The number of fused-ring (bicyclic) bond motifs is 5. The Kier molecular flexibility index (Phi) is 7.66. The number of aryl methyl sites for hydroxylation is 1. The summed E-state index contributed by atoms with van der Waals surface area (Å²) in [6.45, 7) is 18.3. The summed E-state index contributed by atoms with van der Waals surface area (Å²) >= 11 is 0. The molecule has 3 heteroatoms. The van der Waals surface area contributed by atoms with Crippen molar-refractivity contribution in [3.8, 4) is 0 Å². The number of hydrogen-bond donors (Lipinski definition) is 0. The number of nitrogens with zero attached hydrogens (tertiary/aromatic N) is 1. The summed E-state index contributed by atoms with van der Waals surface area (Å²) in [5, 5.41) is 0. The minimum atomic E-state index is -0.270. The standard InChI is InChI=1S/C39H49NO2/c1-9-12-13-29-14-16-31-32(22-29)37(35-21-25(5)20-28(8)41-35)39(10-2,11-3)40-33(31)17-15-30-23-34(42-38(30)40)36-26(6)18-24(4)19-27(36)7/h14-18,21-24,28,38H,9-13,19-20H2,1-8H3/b37-35-. The summed E-state index contributed by atoms with van der Waals surface area (Å²) in [7, 11) is 0. The van der Waals surface area contributed by atoms with Crippen LogP contribution in [0.4, 0.5) is 0 Å². The van der Waals surface area contributed by atoms with Gasteiger partial charge in [0.2, 0.25) is 0 Å². The number of allylic oxidation sites excluding steroid dienone is 6. The summed E-state index contributed by atoms with van der Waals surface area (Å²) < 4.78 is 13.8. The van der Waals surface area contributed by atoms with E-state index in [1.165, 1.54) is 68.7 Å². The van der Waals surface area contributed by atoms with Crippen LogP contribution in [0.5, 0.6) is 0 Å². The third-order valence-electron chi connectivity index (χ3n) is 10.1. The molecule has 0 aromatic heterocycles. The van der Waals surface area contributed by atoms with Gasteiger partial charge >= 0.3 is 0 Å². The lowest BCUT2D eigenvalue weighted by Crippen LogP contribution is -2.56. The SMILES string of the molecule is CCCCc1ccc2c(c1)/C(=C1\C=C(C)CC(C)O1)C(CC)(CC)N1C2=CC=C2C=C(C3=C(C)CC(C)C=C3C)OC21. The van der Waals surface area contributed by atoms with Gasteiger partial charge in [-0.25, -0.2) is 0 Å². The van der Waals surface area contributed by atoms with Crippen LogP contribution in [0.25, 0.3) is 11.3 Å². The van der Waals surface area contributed by atoms with Crippen molar-refractivity contribution in [1.29, 1.82) is 0 Å². The molecule has 0 N–H and O–H groups in total. The molecular formula is C39H49NO2. The minimum absolute atomic E-state index is 0.165. The third-order valence-corrected chi connectivity index (χ3v) is 10.1. The van der Waals surface area contributed by atoms with Crippen molar-refractivity contribution < 1.29 is 9.47 Å². The number of benzene rings is 1. The summed E-state index contributed by atoms with van der Waals surface area (Å²) in [6, 6.07) is 7.18. The molecule has 1 aliphatic carbocycles. The molecule has 1 aromatic rings. The molecule has 6 rings (SSSR count). The first kappa shape index (κ1) is 28.9. The zero-order valence-electron chi connectivity index (χ0n) is 27.1. The first-order valence-corrected chi connectivity index (χ1v) is 16.4. The Hall–Kier alpha value is -3.20. The Labute approximate surface area is 254 Å². The van der Waals surface area contributed by atoms with Gasteiger partial charge in [-0.05, 0) is 101 Å². The van der Waals surface area contributed by atoms with E-state index in [1.807, 2.05) is 0 Å². The molecule has 5 aliphatic rings. The smallest absolute Gasteiger partial charge is 0.199 e. The van der Waals surface area contributed by atoms with Gasteiger partial charge in [0.1, 0.15) is 11.5 Å². The number of unbranched alkanes of at least 4 members (excludes halogenated alkanes) is 1. The Balaban J connectivity index is 1.55. The molecule has 0 amide bonds. The summed E-state index contributed by atoms with van der Waals surface area (Å²) in [4.78, 5) is 2.62. The first-order chi connectivity index (χ1) is 20.2. The van der Waals surface area contributed by atoms with Crippen LogP contribution in [0.3, 0.4) is 0 Å². The lowest BCUT2D eigenvalue weighted by Gasteiger charge is -2.55. The van der Waals surface area contributed by atoms with E-state index in [0.717, 1.165) is 43.6 Å². The topological polar surface area (TPSA) is 21.7 Å². The summed E-state index contributed by atoms with van der Waals surface area (Å²) in [5.41, 5.74) is 13.0. The maximum Gasteiger partial charge on any atom is 0.199 e. The van der Waals surface area contributed by atoms with Crippen molar-refractivity contribution in [2.45, 2.75) is 118 Å². The average Bonchev–Trinajstić information content (AvgIpc) is 3.37. The zero-order chi connectivity index (χ0) is 29.8. The van der Waals surface area contributed by atoms with Crippen molar-refractivity contribution >= 4 is 11.3 Å². The van der Waals surface area contributed by atoms with Crippen LogP contribution in [0.15, 0.2) is 88.0 Å². The maximum absolute atomic E-state index is 7.08. The highest BCUT2D eigenvalue weighted by Gasteiger charge is 2.52. The van der Waals surface area contributed by atoms with Gasteiger partial charge in [0.15, 0.2) is 6.23 Å². The van der Waals surface area contributed by atoms with E-state index >= 15 is 0 Å². The fraction of sp³-hybridized carbons (Fsp3) is 0.487. The predicted molar refractivity (Wildman–Crippen MR) is 175 cm³/mol. The first-order valence-electron chi connectivity index (χ1n) is 16.4. The average molecular weight is 564 g/mol. The molecule has 3 nitrogen and oxygen atoms in total. The monoisotopic (exact) mass is 563 g/mol. The van der Waals surface area contributed by atoms with Gasteiger partial charge in [-0.2, -0.15) is 0 Å². The second kappa shape index (κ2) is 11.1. The second-order valence-electron chi connectivity index (χ2n) is 13.3. The Morgan fingerprint density at radius 1 is 0.929 bits per heavy atom. The summed E-state index contributed by atoms with van der Waals surface area (Å²) in [6.07, 6.45) is 19.2.